The second-order valence-corrected chi connectivity index (χ2v) is 6.04. The van der Waals surface area contributed by atoms with Crippen LogP contribution in [0.25, 0.3) is 0 Å². The fraction of sp³-hybridized carbons (Fsp3) is 0.333. The lowest BCUT2D eigenvalue weighted by Crippen LogP contribution is -2.25. The molecule has 2 heterocycles. The highest BCUT2D eigenvalue weighted by Gasteiger charge is 2.23. The zero-order valence-electron chi connectivity index (χ0n) is 11.3. The van der Waals surface area contributed by atoms with Gasteiger partial charge in [0.1, 0.15) is 4.90 Å². The van der Waals surface area contributed by atoms with Gasteiger partial charge in [0.25, 0.3) is 0 Å². The largest absolute Gasteiger partial charge is 0.314 e. The lowest BCUT2D eigenvalue weighted by Gasteiger charge is -2.07. The Bertz CT molecular complexity index is 666. The Morgan fingerprint density at radius 2 is 2.15 bits per heavy atom. The van der Waals surface area contributed by atoms with Crippen LogP contribution in [0.1, 0.15) is 17.0 Å². The number of rotatable bonds is 6. The first-order valence-electron chi connectivity index (χ1n) is 6.11. The molecule has 0 aliphatic heterocycles. The van der Waals surface area contributed by atoms with Gasteiger partial charge in [-0.3, -0.25) is 10.1 Å². The van der Waals surface area contributed by atoms with Crippen molar-refractivity contribution in [3.63, 3.8) is 0 Å². The Morgan fingerprint density at radius 3 is 2.80 bits per heavy atom. The van der Waals surface area contributed by atoms with E-state index in [-0.39, 0.29) is 11.4 Å². The molecule has 0 amide bonds. The van der Waals surface area contributed by atoms with Crippen molar-refractivity contribution in [1.29, 1.82) is 0 Å². The predicted octanol–water partition coefficient (Wildman–Crippen LogP) is 0.311. The van der Waals surface area contributed by atoms with E-state index in [1.807, 2.05) is 6.07 Å². The van der Waals surface area contributed by atoms with Crippen LogP contribution in [0.4, 0.5) is 0 Å². The van der Waals surface area contributed by atoms with Gasteiger partial charge < -0.3 is 5.32 Å². The fourth-order valence-corrected chi connectivity index (χ4v) is 3.24. The number of pyridine rings is 1. The van der Waals surface area contributed by atoms with Crippen molar-refractivity contribution in [2.45, 2.75) is 24.9 Å². The smallest absolute Gasteiger partial charge is 0.244 e. The normalized spacial score (nSPS) is 11.7. The minimum absolute atomic E-state index is 0.194. The van der Waals surface area contributed by atoms with E-state index in [1.54, 1.807) is 32.4 Å². The summed E-state index contributed by atoms with van der Waals surface area (Å²) in [7, 11) is -1.87. The van der Waals surface area contributed by atoms with E-state index in [0.29, 0.717) is 17.9 Å². The van der Waals surface area contributed by atoms with Crippen molar-refractivity contribution in [2.24, 2.45) is 0 Å². The van der Waals surface area contributed by atoms with Crippen LogP contribution in [-0.2, 0) is 23.1 Å². The number of hydrogen-bond donors (Lipinski definition) is 3. The van der Waals surface area contributed by atoms with Gasteiger partial charge in [-0.15, -0.1) is 0 Å². The first-order chi connectivity index (χ1) is 9.54. The summed E-state index contributed by atoms with van der Waals surface area (Å²) >= 11 is 0. The van der Waals surface area contributed by atoms with Gasteiger partial charge in [-0.25, -0.2) is 13.1 Å². The molecule has 0 aliphatic carbocycles. The van der Waals surface area contributed by atoms with Crippen molar-refractivity contribution in [2.75, 3.05) is 7.05 Å². The van der Waals surface area contributed by atoms with Crippen molar-refractivity contribution < 1.29 is 8.42 Å². The van der Waals surface area contributed by atoms with E-state index in [2.05, 4.69) is 25.2 Å². The molecular weight excluding hydrogens is 278 g/mol. The Hall–Kier alpha value is -1.77. The summed E-state index contributed by atoms with van der Waals surface area (Å²) in [5.74, 6) is 0. The average molecular weight is 295 g/mol. The Morgan fingerprint density at radius 1 is 1.35 bits per heavy atom. The van der Waals surface area contributed by atoms with Crippen molar-refractivity contribution in [3.8, 4) is 0 Å². The van der Waals surface area contributed by atoms with Crippen LogP contribution in [-0.4, -0.2) is 30.6 Å². The van der Waals surface area contributed by atoms with E-state index in [1.165, 1.54) is 0 Å². The summed E-state index contributed by atoms with van der Waals surface area (Å²) in [6, 6.07) is 3.57. The first kappa shape index (κ1) is 14.6. The second kappa shape index (κ2) is 6.12. The fourth-order valence-electron chi connectivity index (χ4n) is 1.87. The molecule has 0 saturated heterocycles. The Labute approximate surface area is 117 Å². The van der Waals surface area contributed by atoms with Crippen molar-refractivity contribution in [1.82, 2.24) is 25.2 Å². The van der Waals surface area contributed by atoms with Crippen molar-refractivity contribution >= 4 is 10.0 Å². The molecule has 0 bridgehead atoms. The molecule has 0 atom stereocenters. The van der Waals surface area contributed by atoms with Crippen LogP contribution < -0.4 is 10.0 Å². The molecule has 2 aromatic heterocycles. The van der Waals surface area contributed by atoms with Gasteiger partial charge in [-0.1, -0.05) is 6.07 Å². The van der Waals surface area contributed by atoms with Gasteiger partial charge in [-0.05, 0) is 25.6 Å². The number of aromatic nitrogens is 3. The molecule has 7 nitrogen and oxygen atoms in total. The van der Waals surface area contributed by atoms with Crippen LogP contribution >= 0.6 is 0 Å². The molecule has 0 aromatic carbocycles. The maximum absolute atomic E-state index is 12.4. The monoisotopic (exact) mass is 295 g/mol. The van der Waals surface area contributed by atoms with E-state index >= 15 is 0 Å². The third kappa shape index (κ3) is 3.21. The zero-order valence-corrected chi connectivity index (χ0v) is 12.2. The molecule has 2 aromatic rings. The Kier molecular flexibility index (Phi) is 4.48. The second-order valence-electron chi connectivity index (χ2n) is 4.34. The average Bonchev–Trinajstić information content (AvgIpc) is 2.80. The molecule has 0 unspecified atom stereocenters. The SMILES string of the molecule is CNCc1n[nH]c(C)c1S(=O)(=O)NCc1cccnc1. The molecule has 0 radical (unpaired) electrons. The number of nitrogens with one attached hydrogen (secondary N) is 3. The minimum Gasteiger partial charge on any atom is -0.314 e. The van der Waals surface area contributed by atoms with Gasteiger partial charge in [0.2, 0.25) is 10.0 Å². The predicted molar refractivity (Wildman–Crippen MR) is 74.4 cm³/mol. The highest BCUT2D eigenvalue weighted by molar-refractivity contribution is 7.89. The summed E-state index contributed by atoms with van der Waals surface area (Å²) in [4.78, 5) is 4.15. The number of aryl methyl sites for hydroxylation is 1. The molecule has 0 saturated carbocycles. The molecular formula is C12H17N5O2S. The molecule has 20 heavy (non-hydrogen) atoms. The highest BCUT2D eigenvalue weighted by atomic mass is 32.2. The molecule has 3 N–H and O–H groups in total. The van der Waals surface area contributed by atoms with Crippen LogP contribution in [0.2, 0.25) is 0 Å². The van der Waals surface area contributed by atoms with Crippen LogP contribution in [0, 0.1) is 6.92 Å². The lowest BCUT2D eigenvalue weighted by atomic mass is 10.3. The summed E-state index contributed by atoms with van der Waals surface area (Å²) in [5, 5.41) is 9.61. The maximum atomic E-state index is 12.4. The van der Waals surface area contributed by atoms with E-state index in [0.717, 1.165) is 5.56 Å². The first-order valence-corrected chi connectivity index (χ1v) is 7.60. The van der Waals surface area contributed by atoms with Crippen LogP contribution in [0.3, 0.4) is 0 Å². The topological polar surface area (TPSA) is 99.8 Å². The van der Waals surface area contributed by atoms with Gasteiger partial charge in [-0.2, -0.15) is 5.10 Å². The number of H-pyrrole nitrogens is 1. The standard InChI is InChI=1S/C12H17N5O2S/c1-9-12(11(8-13-2)17-16-9)20(18,19)15-7-10-4-3-5-14-6-10/h3-6,13,15H,7-8H2,1-2H3,(H,16,17). The maximum Gasteiger partial charge on any atom is 0.244 e. The zero-order chi connectivity index (χ0) is 14.6. The summed E-state index contributed by atoms with van der Waals surface area (Å²) in [6.07, 6.45) is 3.27. The third-order valence-corrected chi connectivity index (χ3v) is 4.37. The summed E-state index contributed by atoms with van der Waals surface area (Å²) in [6.45, 7) is 2.26. The van der Waals surface area contributed by atoms with Gasteiger partial charge in [0, 0.05) is 25.5 Å². The highest BCUT2D eigenvalue weighted by Crippen LogP contribution is 2.17. The molecule has 2 rings (SSSR count). The van der Waals surface area contributed by atoms with Gasteiger partial charge in [0.05, 0.1) is 11.4 Å². The van der Waals surface area contributed by atoms with Crippen LogP contribution in [0.5, 0.6) is 0 Å². The van der Waals surface area contributed by atoms with Gasteiger partial charge in [0.15, 0.2) is 0 Å². The number of nitrogens with zero attached hydrogens (tertiary/aromatic N) is 2. The molecule has 8 heteroatoms. The molecule has 0 spiro atoms. The minimum atomic E-state index is -3.61. The summed E-state index contributed by atoms with van der Waals surface area (Å²) < 4.78 is 27.3. The van der Waals surface area contributed by atoms with Crippen LogP contribution in [0.15, 0.2) is 29.4 Å². The van der Waals surface area contributed by atoms with E-state index in [9.17, 15) is 8.42 Å². The number of sulfonamides is 1. The summed E-state index contributed by atoms with van der Waals surface area (Å²) in [5.41, 5.74) is 1.80. The number of aromatic amines is 1. The number of hydrogen-bond acceptors (Lipinski definition) is 5. The quantitative estimate of drug-likeness (QED) is 0.712. The van der Waals surface area contributed by atoms with Gasteiger partial charge >= 0.3 is 0 Å². The third-order valence-electron chi connectivity index (χ3n) is 2.76. The Balaban J connectivity index is 2.20. The van der Waals surface area contributed by atoms with Crippen molar-refractivity contribution in [3.05, 3.63) is 41.5 Å². The van der Waals surface area contributed by atoms with E-state index in [4.69, 9.17) is 0 Å². The van der Waals surface area contributed by atoms with E-state index < -0.39 is 10.0 Å². The molecule has 108 valence electrons. The lowest BCUT2D eigenvalue weighted by molar-refractivity contribution is 0.578. The molecule has 0 fully saturated rings. The molecule has 0 aliphatic rings.